The first-order valence-electron chi connectivity index (χ1n) is 5.02. The maximum absolute atomic E-state index is 9.26. The minimum Gasteiger partial charge on any atom is -0.394 e. The minimum atomic E-state index is -0.0462. The normalized spacial score (nSPS) is 14.8. The monoisotopic (exact) mass is 173 g/mol. The average Bonchev–Trinajstić information content (AvgIpc) is 2.14. The van der Waals surface area contributed by atoms with Crippen LogP contribution < -0.4 is 5.32 Å². The molecule has 0 aliphatic rings. The van der Waals surface area contributed by atoms with E-state index in [2.05, 4.69) is 33.0 Å². The van der Waals surface area contributed by atoms with E-state index in [0.29, 0.717) is 6.04 Å². The first-order chi connectivity index (χ1) is 5.64. The van der Waals surface area contributed by atoms with Crippen LogP contribution in [0.15, 0.2) is 0 Å². The van der Waals surface area contributed by atoms with Crippen LogP contribution in [-0.2, 0) is 0 Å². The molecular formula is C10H23NO. The van der Waals surface area contributed by atoms with E-state index in [0.717, 1.165) is 19.3 Å². The summed E-state index contributed by atoms with van der Waals surface area (Å²) in [5.41, 5.74) is -0.0462. The van der Waals surface area contributed by atoms with Crippen molar-refractivity contribution in [3.63, 3.8) is 0 Å². The summed E-state index contributed by atoms with van der Waals surface area (Å²) < 4.78 is 0. The third-order valence-corrected chi connectivity index (χ3v) is 2.82. The molecule has 0 radical (unpaired) electrons. The van der Waals surface area contributed by atoms with Gasteiger partial charge < -0.3 is 10.4 Å². The fraction of sp³-hybridized carbons (Fsp3) is 1.00. The number of nitrogens with one attached hydrogen (secondary N) is 1. The van der Waals surface area contributed by atoms with Crippen LogP contribution in [0.3, 0.4) is 0 Å². The van der Waals surface area contributed by atoms with E-state index in [9.17, 15) is 5.11 Å². The van der Waals surface area contributed by atoms with Gasteiger partial charge in [-0.1, -0.05) is 20.8 Å². The second-order valence-corrected chi connectivity index (χ2v) is 3.60. The van der Waals surface area contributed by atoms with Crippen LogP contribution in [0.5, 0.6) is 0 Å². The Bertz CT molecular complexity index is 102. The molecule has 0 aromatic heterocycles. The smallest absolute Gasteiger partial charge is 0.0613 e. The van der Waals surface area contributed by atoms with E-state index >= 15 is 0 Å². The molecule has 0 saturated carbocycles. The Morgan fingerprint density at radius 1 is 1.25 bits per heavy atom. The Morgan fingerprint density at radius 2 is 1.75 bits per heavy atom. The zero-order valence-corrected chi connectivity index (χ0v) is 8.85. The predicted molar refractivity (Wildman–Crippen MR) is 53.3 cm³/mol. The van der Waals surface area contributed by atoms with Gasteiger partial charge in [0.05, 0.1) is 6.61 Å². The highest BCUT2D eigenvalue weighted by Gasteiger charge is 2.25. The van der Waals surface area contributed by atoms with Gasteiger partial charge in [-0.25, -0.2) is 0 Å². The molecule has 0 saturated heterocycles. The van der Waals surface area contributed by atoms with Crippen LogP contribution in [0.1, 0.15) is 47.0 Å². The van der Waals surface area contributed by atoms with Crippen molar-refractivity contribution in [1.82, 2.24) is 5.32 Å². The molecule has 2 nitrogen and oxygen atoms in total. The number of aliphatic hydroxyl groups is 1. The van der Waals surface area contributed by atoms with Crippen LogP contribution in [-0.4, -0.2) is 23.3 Å². The molecule has 0 bridgehead atoms. The molecule has 1 unspecified atom stereocenters. The topological polar surface area (TPSA) is 32.3 Å². The first-order valence-corrected chi connectivity index (χ1v) is 5.02. The molecular weight excluding hydrogens is 150 g/mol. The van der Waals surface area contributed by atoms with E-state index in [1.807, 2.05) is 0 Å². The van der Waals surface area contributed by atoms with Crippen LogP contribution >= 0.6 is 0 Å². The third-order valence-electron chi connectivity index (χ3n) is 2.82. The van der Waals surface area contributed by atoms with E-state index < -0.39 is 0 Å². The van der Waals surface area contributed by atoms with Crippen molar-refractivity contribution in [2.75, 3.05) is 6.61 Å². The van der Waals surface area contributed by atoms with E-state index in [1.165, 1.54) is 0 Å². The van der Waals surface area contributed by atoms with Gasteiger partial charge in [0.25, 0.3) is 0 Å². The summed E-state index contributed by atoms with van der Waals surface area (Å²) in [7, 11) is 0. The first kappa shape index (κ1) is 11.9. The van der Waals surface area contributed by atoms with Crippen molar-refractivity contribution in [3.8, 4) is 0 Å². The predicted octanol–water partition coefficient (Wildman–Crippen LogP) is 1.93. The molecule has 0 aromatic carbocycles. The third kappa shape index (κ3) is 3.11. The molecule has 0 heterocycles. The lowest BCUT2D eigenvalue weighted by molar-refractivity contribution is 0.139. The SMILES string of the molecule is CCC(C)NC(CC)(CC)CO. The summed E-state index contributed by atoms with van der Waals surface area (Å²) in [5.74, 6) is 0. The van der Waals surface area contributed by atoms with Crippen molar-refractivity contribution in [1.29, 1.82) is 0 Å². The van der Waals surface area contributed by atoms with Crippen LogP contribution in [0, 0.1) is 0 Å². The van der Waals surface area contributed by atoms with E-state index in [4.69, 9.17) is 0 Å². The van der Waals surface area contributed by atoms with Crippen molar-refractivity contribution in [3.05, 3.63) is 0 Å². The van der Waals surface area contributed by atoms with Crippen molar-refractivity contribution < 1.29 is 5.11 Å². The summed E-state index contributed by atoms with van der Waals surface area (Å²) in [6, 6.07) is 0.497. The van der Waals surface area contributed by atoms with Gasteiger partial charge in [-0.2, -0.15) is 0 Å². The van der Waals surface area contributed by atoms with Gasteiger partial charge >= 0.3 is 0 Å². The summed E-state index contributed by atoms with van der Waals surface area (Å²) in [6.07, 6.45) is 3.09. The number of hydrogen-bond acceptors (Lipinski definition) is 2. The molecule has 0 fully saturated rings. The molecule has 0 rings (SSSR count). The van der Waals surface area contributed by atoms with Crippen molar-refractivity contribution in [2.45, 2.75) is 58.5 Å². The molecule has 0 amide bonds. The molecule has 2 N–H and O–H groups in total. The van der Waals surface area contributed by atoms with E-state index in [-0.39, 0.29) is 12.1 Å². The fourth-order valence-corrected chi connectivity index (χ4v) is 1.35. The zero-order valence-electron chi connectivity index (χ0n) is 8.85. The Kier molecular flexibility index (Phi) is 5.51. The quantitative estimate of drug-likeness (QED) is 0.643. The molecule has 74 valence electrons. The summed E-state index contributed by atoms with van der Waals surface area (Å²) in [5, 5.41) is 12.7. The highest BCUT2D eigenvalue weighted by Crippen LogP contribution is 2.15. The van der Waals surface area contributed by atoms with Crippen LogP contribution in [0.25, 0.3) is 0 Å². The number of aliphatic hydroxyl groups excluding tert-OH is 1. The zero-order chi connectivity index (χ0) is 9.61. The largest absolute Gasteiger partial charge is 0.394 e. The minimum absolute atomic E-state index is 0.0462. The van der Waals surface area contributed by atoms with E-state index in [1.54, 1.807) is 0 Å². The summed E-state index contributed by atoms with van der Waals surface area (Å²) >= 11 is 0. The lowest BCUT2D eigenvalue weighted by Gasteiger charge is -2.33. The number of rotatable bonds is 6. The van der Waals surface area contributed by atoms with Gasteiger partial charge in [0, 0.05) is 11.6 Å². The lowest BCUT2D eigenvalue weighted by Crippen LogP contribution is -2.51. The molecule has 0 aliphatic carbocycles. The molecule has 0 aliphatic heterocycles. The maximum atomic E-state index is 9.26. The Morgan fingerprint density at radius 3 is 2.00 bits per heavy atom. The van der Waals surface area contributed by atoms with Gasteiger partial charge in [-0.05, 0) is 26.2 Å². The van der Waals surface area contributed by atoms with Crippen LogP contribution in [0.4, 0.5) is 0 Å². The molecule has 2 heteroatoms. The highest BCUT2D eigenvalue weighted by atomic mass is 16.3. The average molecular weight is 173 g/mol. The Labute approximate surface area is 76.4 Å². The van der Waals surface area contributed by atoms with Crippen molar-refractivity contribution in [2.24, 2.45) is 0 Å². The molecule has 0 aromatic rings. The van der Waals surface area contributed by atoms with Gasteiger partial charge in [-0.3, -0.25) is 0 Å². The molecule has 0 spiro atoms. The summed E-state index contributed by atoms with van der Waals surface area (Å²) in [4.78, 5) is 0. The van der Waals surface area contributed by atoms with Gasteiger partial charge in [-0.15, -0.1) is 0 Å². The maximum Gasteiger partial charge on any atom is 0.0613 e. The Hall–Kier alpha value is -0.0800. The molecule has 1 atom stereocenters. The Balaban J connectivity index is 4.09. The fourth-order valence-electron chi connectivity index (χ4n) is 1.35. The highest BCUT2D eigenvalue weighted by molar-refractivity contribution is 4.86. The summed E-state index contributed by atoms with van der Waals surface area (Å²) in [6.45, 7) is 8.80. The van der Waals surface area contributed by atoms with Gasteiger partial charge in [0.15, 0.2) is 0 Å². The second-order valence-electron chi connectivity index (χ2n) is 3.60. The van der Waals surface area contributed by atoms with Gasteiger partial charge in [0.1, 0.15) is 0 Å². The lowest BCUT2D eigenvalue weighted by atomic mass is 9.92. The second kappa shape index (κ2) is 5.55. The molecule has 12 heavy (non-hydrogen) atoms. The van der Waals surface area contributed by atoms with Gasteiger partial charge in [0.2, 0.25) is 0 Å². The number of hydrogen-bond donors (Lipinski definition) is 2. The van der Waals surface area contributed by atoms with Crippen molar-refractivity contribution >= 4 is 0 Å². The standard InChI is InChI=1S/C10H23NO/c1-5-9(4)11-10(6-2,7-3)8-12/h9,11-12H,5-8H2,1-4H3. The van der Waals surface area contributed by atoms with Crippen LogP contribution in [0.2, 0.25) is 0 Å².